The second-order valence-corrected chi connectivity index (χ2v) is 11.3. The zero-order valence-corrected chi connectivity index (χ0v) is 25.7. The highest BCUT2D eigenvalue weighted by Gasteiger charge is 2.24. The van der Waals surface area contributed by atoms with E-state index < -0.39 is 96.7 Å². The van der Waals surface area contributed by atoms with Gasteiger partial charge < -0.3 is 9.13 Å². The lowest BCUT2D eigenvalue weighted by molar-refractivity contribution is 1.05. The SMILES string of the molecule is [2H]c1c([2H])c([2H])c2c(c1[2H])c1c([2H])c([2H])c([2H])c([2H])c1n2-c1cccc(-c2nc(-c3ccccc3)nc(-c3ccccc3)n2)c1-n1c2c([2H])c([2H])c([2H])c([2H])c2c2c([2H])c([2H])c([2H])c([2H])c21. The van der Waals surface area contributed by atoms with Gasteiger partial charge in [0.15, 0.2) is 17.5 Å². The Morgan fingerprint density at radius 2 is 0.780 bits per heavy atom. The molecule has 0 saturated heterocycles. The van der Waals surface area contributed by atoms with Gasteiger partial charge in [-0.15, -0.1) is 0 Å². The molecule has 0 aliphatic heterocycles. The van der Waals surface area contributed by atoms with Crippen molar-refractivity contribution in [1.29, 1.82) is 0 Å². The number of para-hydroxylation sites is 5. The first-order valence-electron chi connectivity index (χ1n) is 23.5. The highest BCUT2D eigenvalue weighted by Crippen LogP contribution is 2.41. The van der Waals surface area contributed by atoms with Gasteiger partial charge in [-0.05, 0) is 36.3 Å². The summed E-state index contributed by atoms with van der Waals surface area (Å²) >= 11 is 0. The summed E-state index contributed by atoms with van der Waals surface area (Å²) in [6, 6.07) is 12.0. The molecule has 0 spiro atoms. The molecule has 0 unspecified atom stereocenters. The zero-order valence-electron chi connectivity index (χ0n) is 41.7. The van der Waals surface area contributed by atoms with E-state index in [1.54, 1.807) is 54.6 Å². The molecule has 3 heterocycles. The summed E-state index contributed by atoms with van der Waals surface area (Å²) < 4.78 is 147. The lowest BCUT2D eigenvalue weighted by atomic mass is 10.1. The maximum Gasteiger partial charge on any atom is 0.166 e. The van der Waals surface area contributed by atoms with E-state index in [2.05, 4.69) is 0 Å². The van der Waals surface area contributed by atoms with Gasteiger partial charge in [-0.3, -0.25) is 0 Å². The van der Waals surface area contributed by atoms with Gasteiger partial charge in [-0.2, -0.15) is 0 Å². The van der Waals surface area contributed by atoms with E-state index in [-0.39, 0.29) is 78.0 Å². The number of nitrogens with zero attached hydrogens (tertiary/aromatic N) is 5. The largest absolute Gasteiger partial charge is 0.307 e. The van der Waals surface area contributed by atoms with Crippen molar-refractivity contribution in [3.63, 3.8) is 0 Å². The number of benzene rings is 7. The smallest absolute Gasteiger partial charge is 0.166 e. The van der Waals surface area contributed by atoms with Crippen molar-refractivity contribution >= 4 is 43.6 Å². The topological polar surface area (TPSA) is 48.5 Å². The van der Waals surface area contributed by atoms with Gasteiger partial charge in [0, 0.05) is 38.2 Å². The second kappa shape index (κ2) is 11.4. The van der Waals surface area contributed by atoms with Gasteiger partial charge in [-0.25, -0.2) is 15.0 Å². The standard InChI is InChI=1S/C45H29N5/c1-3-16-30(17-4-1)43-46-44(31-18-5-2-6-19-31)48-45(47-43)36-24-15-29-41(49-37-25-11-7-20-32(37)33-21-8-12-26-38(33)49)42(36)50-39-27-13-9-22-34(39)35-23-10-14-28-40(35)50/h1-29H/i7D,8D,9D,10D,11D,12D,13D,14D,20D,21D,22D,23D,25D,26D,27D,28D. The summed E-state index contributed by atoms with van der Waals surface area (Å²) in [5, 5.41) is -1.02. The highest BCUT2D eigenvalue weighted by molar-refractivity contribution is 6.12. The van der Waals surface area contributed by atoms with Crippen molar-refractivity contribution in [1.82, 2.24) is 24.1 Å². The molecule has 0 aliphatic rings. The quantitative estimate of drug-likeness (QED) is 0.185. The maximum absolute atomic E-state index is 9.42. The summed E-state index contributed by atoms with van der Waals surface area (Å²) in [5.41, 5.74) is -0.216. The van der Waals surface area contributed by atoms with Crippen LogP contribution in [0.2, 0.25) is 0 Å². The molecule has 0 N–H and O–H groups in total. The van der Waals surface area contributed by atoms with E-state index >= 15 is 0 Å². The fourth-order valence-electron chi connectivity index (χ4n) is 6.36. The minimum atomic E-state index is -0.705. The molecule has 0 amide bonds. The van der Waals surface area contributed by atoms with Gasteiger partial charge in [-0.1, -0.05) is 139 Å². The van der Waals surface area contributed by atoms with Crippen molar-refractivity contribution in [2.45, 2.75) is 0 Å². The van der Waals surface area contributed by atoms with Gasteiger partial charge in [0.25, 0.3) is 0 Å². The van der Waals surface area contributed by atoms with Gasteiger partial charge in [0.05, 0.1) is 55.4 Å². The lowest BCUT2D eigenvalue weighted by Gasteiger charge is -2.20. The van der Waals surface area contributed by atoms with Crippen LogP contribution >= 0.6 is 0 Å². The maximum atomic E-state index is 9.42. The molecule has 5 heteroatoms. The Morgan fingerprint density at radius 1 is 0.380 bits per heavy atom. The third-order valence-corrected chi connectivity index (χ3v) is 8.48. The number of fused-ring (bicyclic) bond motifs is 6. The average Bonchev–Trinajstić information content (AvgIpc) is 3.89. The molecular weight excluding hydrogens is 611 g/mol. The van der Waals surface area contributed by atoms with Crippen LogP contribution in [0.25, 0.3) is 89.2 Å². The molecule has 0 bridgehead atoms. The van der Waals surface area contributed by atoms with Crippen molar-refractivity contribution in [3.8, 4) is 45.5 Å². The molecule has 0 atom stereocenters. The van der Waals surface area contributed by atoms with Crippen LogP contribution in [0.1, 0.15) is 21.9 Å². The monoisotopic (exact) mass is 655 g/mol. The molecule has 0 saturated carbocycles. The van der Waals surface area contributed by atoms with Crippen LogP contribution in [0.4, 0.5) is 0 Å². The zero-order chi connectivity index (χ0) is 46.9. The summed E-state index contributed by atoms with van der Waals surface area (Å²) in [5.74, 6) is 0.338. The van der Waals surface area contributed by atoms with Crippen molar-refractivity contribution in [2.75, 3.05) is 0 Å². The highest BCUT2D eigenvalue weighted by atomic mass is 15.1. The molecule has 50 heavy (non-hydrogen) atoms. The Hall–Kier alpha value is -6.85. The van der Waals surface area contributed by atoms with E-state index in [1.165, 1.54) is 21.3 Å². The summed E-state index contributed by atoms with van der Waals surface area (Å²) in [6.07, 6.45) is 0. The predicted octanol–water partition coefficient (Wildman–Crippen LogP) is 11.1. The molecule has 5 nitrogen and oxygen atoms in total. The first-order chi connectivity index (χ1) is 31.5. The van der Waals surface area contributed by atoms with E-state index in [9.17, 15) is 8.22 Å². The second-order valence-electron chi connectivity index (χ2n) is 11.3. The lowest BCUT2D eigenvalue weighted by Crippen LogP contribution is -2.08. The number of hydrogen-bond donors (Lipinski definition) is 0. The van der Waals surface area contributed by atoms with Crippen molar-refractivity contribution < 1.29 is 21.9 Å². The minimum Gasteiger partial charge on any atom is -0.307 e. The third-order valence-electron chi connectivity index (χ3n) is 8.48. The number of aromatic nitrogens is 5. The van der Waals surface area contributed by atoms with Crippen molar-refractivity contribution in [2.24, 2.45) is 0 Å². The first-order valence-corrected chi connectivity index (χ1v) is 15.5. The Bertz CT molecular complexity index is 3570. The van der Waals surface area contributed by atoms with E-state index in [0.29, 0.717) is 11.1 Å². The third kappa shape index (κ3) is 4.37. The number of rotatable bonds is 5. The molecule has 0 radical (unpaired) electrons. The van der Waals surface area contributed by atoms with Crippen molar-refractivity contribution in [3.05, 3.63) is 176 Å². The van der Waals surface area contributed by atoms with Crippen LogP contribution in [-0.4, -0.2) is 24.1 Å². The fraction of sp³-hybridized carbons (Fsp3) is 0. The normalized spacial score (nSPS) is 16.1. The molecule has 10 rings (SSSR count). The van der Waals surface area contributed by atoms with Crippen LogP contribution < -0.4 is 0 Å². The Morgan fingerprint density at radius 3 is 1.24 bits per heavy atom. The van der Waals surface area contributed by atoms with E-state index in [1.807, 2.05) is 12.1 Å². The van der Waals surface area contributed by atoms with Crippen LogP contribution in [-0.2, 0) is 0 Å². The van der Waals surface area contributed by atoms with E-state index in [4.69, 9.17) is 28.7 Å². The van der Waals surface area contributed by atoms with Crippen LogP contribution in [0, 0.1) is 0 Å². The molecule has 234 valence electrons. The van der Waals surface area contributed by atoms with Gasteiger partial charge in [0.1, 0.15) is 0 Å². The Kier molecular flexibility index (Phi) is 3.76. The summed E-state index contributed by atoms with van der Waals surface area (Å²) in [4.78, 5) is 14.7. The summed E-state index contributed by atoms with van der Waals surface area (Å²) in [6.45, 7) is 0. The molecule has 0 aliphatic carbocycles. The molecule has 7 aromatic carbocycles. The molecule has 3 aromatic heterocycles. The average molecular weight is 656 g/mol. The van der Waals surface area contributed by atoms with Crippen LogP contribution in [0.5, 0.6) is 0 Å². The fourth-order valence-corrected chi connectivity index (χ4v) is 6.36. The molecule has 10 aromatic rings. The van der Waals surface area contributed by atoms with Crippen LogP contribution in [0.15, 0.2) is 176 Å². The number of hydrogen-bond acceptors (Lipinski definition) is 3. The Balaban J connectivity index is 1.52. The predicted molar refractivity (Wildman–Crippen MR) is 205 cm³/mol. The first kappa shape index (κ1) is 16.5. The molecular formula is C45H29N5. The van der Waals surface area contributed by atoms with E-state index in [0.717, 1.165) is 0 Å². The minimum absolute atomic E-state index is 0.0548. The Labute approximate surface area is 310 Å². The van der Waals surface area contributed by atoms with Crippen LogP contribution in [0.3, 0.4) is 0 Å². The van der Waals surface area contributed by atoms with Gasteiger partial charge in [0.2, 0.25) is 0 Å². The molecule has 0 fully saturated rings. The van der Waals surface area contributed by atoms with Gasteiger partial charge >= 0.3 is 0 Å². The summed E-state index contributed by atoms with van der Waals surface area (Å²) in [7, 11) is 0.